The van der Waals surface area contributed by atoms with Crippen LogP contribution in [0.1, 0.15) is 80.6 Å². The first-order chi connectivity index (χ1) is 8.62. The van der Waals surface area contributed by atoms with Gasteiger partial charge in [-0.15, -0.1) is 4.52 Å². The van der Waals surface area contributed by atoms with Crippen LogP contribution in [0, 0.1) is 11.3 Å². The van der Waals surface area contributed by atoms with Gasteiger partial charge in [0.1, 0.15) is 6.61 Å². The maximum absolute atomic E-state index is 12.4. The second kappa shape index (κ2) is 8.37. The molecule has 0 N–H and O–H groups in total. The molecule has 3 heteroatoms. The first-order valence-corrected chi connectivity index (χ1v) is 8.90. The van der Waals surface area contributed by atoms with E-state index in [1.807, 2.05) is 0 Å². The smallest absolute Gasteiger partial charge is 0.146 e. The van der Waals surface area contributed by atoms with Crippen molar-refractivity contribution in [2.45, 2.75) is 85.7 Å². The molecule has 0 fully saturated rings. The Labute approximate surface area is 121 Å². The van der Waals surface area contributed by atoms with Crippen LogP contribution in [-0.2, 0) is 9.09 Å². The Kier molecular flexibility index (Phi) is 8.40. The first kappa shape index (κ1) is 19.1. The van der Waals surface area contributed by atoms with Crippen molar-refractivity contribution in [1.29, 1.82) is 0 Å². The molecule has 0 aliphatic rings. The second-order valence-electron chi connectivity index (χ2n) is 7.52. The SMILES string of the molecule is CCCCC(CC)CO[P+](=O)C(C)(C)CC(C)(C)C. The Morgan fingerprint density at radius 1 is 1.11 bits per heavy atom. The average Bonchev–Trinajstić information content (AvgIpc) is 2.25. The summed E-state index contributed by atoms with van der Waals surface area (Å²) in [5, 5.41) is -0.239. The Morgan fingerprint density at radius 3 is 2.11 bits per heavy atom. The number of hydrogen-bond acceptors (Lipinski definition) is 2. The molecule has 0 aromatic heterocycles. The molecule has 114 valence electrons. The van der Waals surface area contributed by atoms with Crippen LogP contribution in [0.4, 0.5) is 0 Å². The van der Waals surface area contributed by atoms with Crippen LogP contribution >= 0.6 is 8.03 Å². The summed E-state index contributed by atoms with van der Waals surface area (Å²) in [7, 11) is -1.59. The van der Waals surface area contributed by atoms with Gasteiger partial charge in [0.2, 0.25) is 0 Å². The minimum atomic E-state index is -1.59. The zero-order chi connectivity index (χ0) is 15.1. The number of rotatable bonds is 9. The molecule has 0 aromatic carbocycles. The van der Waals surface area contributed by atoms with Crippen LogP contribution in [0.2, 0.25) is 0 Å². The molecule has 0 rings (SSSR count). The summed E-state index contributed by atoms with van der Waals surface area (Å²) in [5.41, 5.74) is 0.185. The molecule has 2 nitrogen and oxygen atoms in total. The third-order valence-corrected chi connectivity index (χ3v) is 4.96. The van der Waals surface area contributed by atoms with E-state index >= 15 is 0 Å². The van der Waals surface area contributed by atoms with Crippen LogP contribution in [0.5, 0.6) is 0 Å². The van der Waals surface area contributed by atoms with Gasteiger partial charge in [0.15, 0.2) is 5.16 Å². The van der Waals surface area contributed by atoms with Gasteiger partial charge in [0.25, 0.3) is 0 Å². The standard InChI is InChI=1S/C16H34O2P/c1-8-10-11-14(9-2)12-18-19(17)16(6,7)13-15(3,4)5/h14H,8-13H2,1-7H3/q+1. The highest BCUT2D eigenvalue weighted by Gasteiger charge is 2.45. The molecule has 0 heterocycles. The maximum Gasteiger partial charge on any atom is 0.513 e. The minimum absolute atomic E-state index is 0.185. The van der Waals surface area contributed by atoms with E-state index < -0.39 is 8.03 Å². The second-order valence-corrected chi connectivity index (χ2v) is 9.50. The largest absolute Gasteiger partial charge is 0.513 e. The van der Waals surface area contributed by atoms with Crippen LogP contribution in [0.3, 0.4) is 0 Å². The normalized spacial score (nSPS) is 15.4. The van der Waals surface area contributed by atoms with E-state index in [0.29, 0.717) is 12.5 Å². The molecule has 19 heavy (non-hydrogen) atoms. The highest BCUT2D eigenvalue weighted by molar-refractivity contribution is 7.41. The number of unbranched alkanes of at least 4 members (excludes halogenated alkanes) is 1. The Bertz CT molecular complexity index is 266. The van der Waals surface area contributed by atoms with Gasteiger partial charge in [-0.1, -0.05) is 53.9 Å². The molecule has 0 amide bonds. The molecule has 0 saturated carbocycles. The molecular formula is C16H34O2P+. The molecule has 0 aromatic rings. The quantitative estimate of drug-likeness (QED) is 0.474. The van der Waals surface area contributed by atoms with E-state index in [9.17, 15) is 4.57 Å². The van der Waals surface area contributed by atoms with Crippen LogP contribution in [0.15, 0.2) is 0 Å². The topological polar surface area (TPSA) is 26.3 Å². The lowest BCUT2D eigenvalue weighted by atomic mass is 9.86. The number of hydrogen-bond donors (Lipinski definition) is 0. The van der Waals surface area contributed by atoms with Gasteiger partial charge in [-0.2, -0.15) is 0 Å². The van der Waals surface area contributed by atoms with Gasteiger partial charge in [0.05, 0.1) is 0 Å². The highest BCUT2D eigenvalue weighted by atomic mass is 31.1. The fourth-order valence-corrected chi connectivity index (χ4v) is 3.91. The summed E-state index contributed by atoms with van der Waals surface area (Å²) >= 11 is 0. The zero-order valence-corrected chi connectivity index (χ0v) is 15.0. The summed E-state index contributed by atoms with van der Waals surface area (Å²) in [6, 6.07) is 0. The van der Waals surface area contributed by atoms with E-state index in [0.717, 1.165) is 12.8 Å². The summed E-state index contributed by atoms with van der Waals surface area (Å²) in [6.45, 7) is 15.7. The molecule has 0 saturated heterocycles. The van der Waals surface area contributed by atoms with E-state index in [4.69, 9.17) is 4.52 Å². The molecule has 0 radical (unpaired) electrons. The summed E-state index contributed by atoms with van der Waals surface area (Å²) in [5.74, 6) is 0.560. The van der Waals surface area contributed by atoms with Crippen molar-refractivity contribution in [1.82, 2.24) is 0 Å². The molecule has 0 spiro atoms. The lowest BCUT2D eigenvalue weighted by molar-refractivity contribution is 0.227. The third kappa shape index (κ3) is 8.76. The molecule has 2 unspecified atom stereocenters. The van der Waals surface area contributed by atoms with E-state index in [1.54, 1.807) is 0 Å². The molecule has 0 aliphatic heterocycles. The van der Waals surface area contributed by atoms with Crippen LogP contribution < -0.4 is 0 Å². The van der Waals surface area contributed by atoms with Crippen molar-refractivity contribution in [2.24, 2.45) is 11.3 Å². The molecular weight excluding hydrogens is 255 g/mol. The summed E-state index contributed by atoms with van der Waals surface area (Å²) < 4.78 is 18.1. The predicted molar refractivity (Wildman–Crippen MR) is 85.0 cm³/mol. The van der Waals surface area contributed by atoms with Crippen molar-refractivity contribution < 1.29 is 9.09 Å². The lowest BCUT2D eigenvalue weighted by Gasteiger charge is -2.24. The van der Waals surface area contributed by atoms with Gasteiger partial charge in [-0.3, -0.25) is 0 Å². The van der Waals surface area contributed by atoms with E-state index in [-0.39, 0.29) is 10.6 Å². The van der Waals surface area contributed by atoms with Crippen LogP contribution in [0.25, 0.3) is 0 Å². The highest BCUT2D eigenvalue weighted by Crippen LogP contribution is 2.46. The average molecular weight is 289 g/mol. The van der Waals surface area contributed by atoms with Crippen molar-refractivity contribution >= 4 is 8.03 Å². The zero-order valence-electron chi connectivity index (χ0n) is 14.1. The van der Waals surface area contributed by atoms with Crippen molar-refractivity contribution in [3.05, 3.63) is 0 Å². The van der Waals surface area contributed by atoms with E-state index in [2.05, 4.69) is 48.5 Å². The van der Waals surface area contributed by atoms with Crippen molar-refractivity contribution in [3.8, 4) is 0 Å². The fourth-order valence-electron chi connectivity index (χ4n) is 2.61. The van der Waals surface area contributed by atoms with Gasteiger partial charge >= 0.3 is 8.03 Å². The third-order valence-electron chi connectivity index (χ3n) is 3.43. The van der Waals surface area contributed by atoms with Crippen molar-refractivity contribution in [2.75, 3.05) is 6.61 Å². The minimum Gasteiger partial charge on any atom is -0.146 e. The Hall–Kier alpha value is 0.0600. The van der Waals surface area contributed by atoms with Gasteiger partial charge < -0.3 is 0 Å². The monoisotopic (exact) mass is 289 g/mol. The molecule has 0 bridgehead atoms. The first-order valence-electron chi connectivity index (χ1n) is 7.72. The van der Waals surface area contributed by atoms with Crippen LogP contribution in [-0.4, -0.2) is 11.8 Å². The van der Waals surface area contributed by atoms with Crippen molar-refractivity contribution in [3.63, 3.8) is 0 Å². The lowest BCUT2D eigenvalue weighted by Crippen LogP contribution is -2.24. The summed E-state index contributed by atoms with van der Waals surface area (Å²) in [4.78, 5) is 0. The molecule has 2 atom stereocenters. The summed E-state index contributed by atoms with van der Waals surface area (Å²) in [6.07, 6.45) is 5.68. The van der Waals surface area contributed by atoms with Gasteiger partial charge in [-0.05, 0) is 36.2 Å². The Morgan fingerprint density at radius 2 is 1.68 bits per heavy atom. The fraction of sp³-hybridized carbons (Fsp3) is 1.00. The Balaban J connectivity index is 4.28. The van der Waals surface area contributed by atoms with Gasteiger partial charge in [-0.25, -0.2) is 0 Å². The maximum atomic E-state index is 12.4. The van der Waals surface area contributed by atoms with Gasteiger partial charge in [0, 0.05) is 6.42 Å². The van der Waals surface area contributed by atoms with E-state index in [1.165, 1.54) is 19.3 Å². The predicted octanol–water partition coefficient (Wildman–Crippen LogP) is 6.18. The molecule has 0 aliphatic carbocycles.